The molecule has 2 heterocycles. The predicted octanol–water partition coefficient (Wildman–Crippen LogP) is 2.67. The summed E-state index contributed by atoms with van der Waals surface area (Å²) >= 11 is 0. The summed E-state index contributed by atoms with van der Waals surface area (Å²) in [5, 5.41) is 5.46. The maximum atomic E-state index is 12.1. The number of rotatable bonds is 5. The van der Waals surface area contributed by atoms with Gasteiger partial charge in [0.2, 0.25) is 0 Å². The zero-order chi connectivity index (χ0) is 19.9. The van der Waals surface area contributed by atoms with Crippen molar-refractivity contribution in [2.75, 3.05) is 25.0 Å². The minimum Gasteiger partial charge on any atom is -0.348 e. The van der Waals surface area contributed by atoms with E-state index in [4.69, 9.17) is 0 Å². The molecule has 0 spiro atoms. The van der Waals surface area contributed by atoms with Crippen LogP contribution in [0.4, 0.5) is 5.69 Å². The highest BCUT2D eigenvalue weighted by Crippen LogP contribution is 2.18. The zero-order valence-corrected chi connectivity index (χ0v) is 16.6. The van der Waals surface area contributed by atoms with Crippen LogP contribution in [0, 0.1) is 19.8 Å². The van der Waals surface area contributed by atoms with Crippen molar-refractivity contribution in [2.24, 2.45) is 5.92 Å². The van der Waals surface area contributed by atoms with Crippen LogP contribution in [0.2, 0.25) is 0 Å². The van der Waals surface area contributed by atoms with Gasteiger partial charge in [0, 0.05) is 25.0 Å². The largest absolute Gasteiger partial charge is 0.348 e. The van der Waals surface area contributed by atoms with Crippen LogP contribution in [0.1, 0.15) is 29.7 Å². The summed E-state index contributed by atoms with van der Waals surface area (Å²) in [5.41, 5.74) is 3.83. The molecule has 0 aliphatic carbocycles. The maximum absolute atomic E-state index is 12.1. The number of nitrogens with zero attached hydrogens (tertiary/aromatic N) is 2. The smallest absolute Gasteiger partial charge is 0.313 e. The molecule has 2 N–H and O–H groups in total. The molecule has 0 bridgehead atoms. The van der Waals surface area contributed by atoms with E-state index in [1.807, 2.05) is 56.4 Å². The van der Waals surface area contributed by atoms with Crippen molar-refractivity contribution < 1.29 is 9.59 Å². The minimum atomic E-state index is -0.613. The Kier molecular flexibility index (Phi) is 6.76. The number of benzene rings is 1. The summed E-state index contributed by atoms with van der Waals surface area (Å²) in [6, 6.07) is 11.7. The zero-order valence-electron chi connectivity index (χ0n) is 16.6. The number of piperidine rings is 1. The van der Waals surface area contributed by atoms with Crippen molar-refractivity contribution in [3.63, 3.8) is 0 Å². The molecule has 0 atom stereocenters. The molecule has 1 aliphatic rings. The third-order valence-electron chi connectivity index (χ3n) is 5.06. The van der Waals surface area contributed by atoms with Gasteiger partial charge < -0.3 is 10.6 Å². The van der Waals surface area contributed by atoms with Crippen molar-refractivity contribution >= 4 is 17.5 Å². The number of anilines is 1. The Balaban J connectivity index is 1.39. The molecule has 6 nitrogen and oxygen atoms in total. The average molecular weight is 380 g/mol. The second kappa shape index (κ2) is 9.46. The van der Waals surface area contributed by atoms with Crippen molar-refractivity contribution in [3.8, 4) is 0 Å². The molecular formula is C22H28N4O2. The van der Waals surface area contributed by atoms with E-state index in [0.717, 1.165) is 49.3 Å². The summed E-state index contributed by atoms with van der Waals surface area (Å²) < 4.78 is 0. The van der Waals surface area contributed by atoms with Crippen LogP contribution in [0.3, 0.4) is 0 Å². The SMILES string of the molecule is Cc1cc(C)cc(NC(=O)C(=O)NCC2CCN(Cc3ccccn3)CC2)c1. The molecule has 1 aromatic carbocycles. The van der Waals surface area contributed by atoms with Gasteiger partial charge in [0.05, 0.1) is 5.69 Å². The summed E-state index contributed by atoms with van der Waals surface area (Å²) in [5.74, 6) is -0.786. The highest BCUT2D eigenvalue weighted by atomic mass is 16.2. The molecule has 3 rings (SSSR count). The van der Waals surface area contributed by atoms with Gasteiger partial charge in [-0.3, -0.25) is 19.5 Å². The van der Waals surface area contributed by atoms with Gasteiger partial charge in [0.1, 0.15) is 0 Å². The number of likely N-dealkylation sites (tertiary alicyclic amines) is 1. The van der Waals surface area contributed by atoms with E-state index in [-0.39, 0.29) is 0 Å². The molecule has 0 radical (unpaired) electrons. The Labute approximate surface area is 166 Å². The predicted molar refractivity (Wildman–Crippen MR) is 110 cm³/mol. The normalized spacial score (nSPS) is 15.2. The maximum Gasteiger partial charge on any atom is 0.313 e. The van der Waals surface area contributed by atoms with Gasteiger partial charge in [0.25, 0.3) is 0 Å². The van der Waals surface area contributed by atoms with Gasteiger partial charge in [-0.1, -0.05) is 12.1 Å². The summed E-state index contributed by atoms with van der Waals surface area (Å²) in [6.07, 6.45) is 3.83. The molecular weight excluding hydrogens is 352 g/mol. The number of aromatic nitrogens is 1. The molecule has 0 saturated carbocycles. The Morgan fingerprint density at radius 1 is 1.07 bits per heavy atom. The molecule has 28 heavy (non-hydrogen) atoms. The molecule has 1 aromatic heterocycles. The van der Waals surface area contributed by atoms with Crippen molar-refractivity contribution in [2.45, 2.75) is 33.2 Å². The number of pyridine rings is 1. The second-order valence-corrected chi connectivity index (χ2v) is 7.58. The standard InChI is InChI=1S/C22H28N4O2/c1-16-11-17(2)13-20(12-16)25-22(28)21(27)24-14-18-6-9-26(10-7-18)15-19-5-3-4-8-23-19/h3-5,8,11-13,18H,6-7,9-10,14-15H2,1-2H3,(H,24,27)(H,25,28). The lowest BCUT2D eigenvalue weighted by Gasteiger charge is -2.31. The van der Waals surface area contributed by atoms with Gasteiger partial charge in [-0.2, -0.15) is 0 Å². The first-order chi connectivity index (χ1) is 13.5. The third-order valence-corrected chi connectivity index (χ3v) is 5.06. The topological polar surface area (TPSA) is 74.3 Å². The van der Waals surface area contributed by atoms with Crippen LogP contribution < -0.4 is 10.6 Å². The van der Waals surface area contributed by atoms with Crippen LogP contribution in [0.5, 0.6) is 0 Å². The first-order valence-electron chi connectivity index (χ1n) is 9.79. The van der Waals surface area contributed by atoms with Gasteiger partial charge in [-0.25, -0.2) is 0 Å². The van der Waals surface area contributed by atoms with E-state index in [1.165, 1.54) is 0 Å². The van der Waals surface area contributed by atoms with Crippen LogP contribution in [0.25, 0.3) is 0 Å². The monoisotopic (exact) mass is 380 g/mol. The molecule has 2 aromatic rings. The number of carbonyl (C=O) groups excluding carboxylic acids is 2. The highest BCUT2D eigenvalue weighted by Gasteiger charge is 2.21. The van der Waals surface area contributed by atoms with Gasteiger partial charge in [-0.05, 0) is 81.1 Å². The number of aryl methyl sites for hydroxylation is 2. The van der Waals surface area contributed by atoms with Crippen molar-refractivity contribution in [1.82, 2.24) is 15.2 Å². The number of hydrogen-bond donors (Lipinski definition) is 2. The Hall–Kier alpha value is -2.73. The van der Waals surface area contributed by atoms with E-state index in [2.05, 4.69) is 20.5 Å². The molecule has 1 saturated heterocycles. The number of nitrogens with one attached hydrogen (secondary N) is 2. The number of amides is 2. The van der Waals surface area contributed by atoms with Gasteiger partial charge in [0.15, 0.2) is 0 Å². The highest BCUT2D eigenvalue weighted by molar-refractivity contribution is 6.39. The van der Waals surface area contributed by atoms with Crippen LogP contribution >= 0.6 is 0 Å². The van der Waals surface area contributed by atoms with E-state index in [1.54, 1.807) is 0 Å². The molecule has 2 amide bonds. The number of carbonyl (C=O) groups is 2. The van der Waals surface area contributed by atoms with Crippen LogP contribution in [-0.4, -0.2) is 41.3 Å². The minimum absolute atomic E-state index is 0.401. The van der Waals surface area contributed by atoms with E-state index in [9.17, 15) is 9.59 Å². The third kappa shape index (κ3) is 5.89. The van der Waals surface area contributed by atoms with Gasteiger partial charge in [-0.15, -0.1) is 0 Å². The van der Waals surface area contributed by atoms with E-state index in [0.29, 0.717) is 18.2 Å². The Morgan fingerprint density at radius 2 is 1.79 bits per heavy atom. The van der Waals surface area contributed by atoms with Crippen LogP contribution in [0.15, 0.2) is 42.6 Å². The summed E-state index contributed by atoms with van der Waals surface area (Å²) in [6.45, 7) is 7.28. The number of hydrogen-bond acceptors (Lipinski definition) is 4. The van der Waals surface area contributed by atoms with E-state index < -0.39 is 11.8 Å². The fraction of sp³-hybridized carbons (Fsp3) is 0.409. The Bertz CT molecular complexity index is 794. The first kappa shape index (κ1) is 20.0. The van der Waals surface area contributed by atoms with Crippen molar-refractivity contribution in [3.05, 3.63) is 59.4 Å². The lowest BCUT2D eigenvalue weighted by atomic mass is 9.96. The Morgan fingerprint density at radius 3 is 2.43 bits per heavy atom. The van der Waals surface area contributed by atoms with Crippen molar-refractivity contribution in [1.29, 1.82) is 0 Å². The summed E-state index contributed by atoms with van der Waals surface area (Å²) in [4.78, 5) is 31.0. The molecule has 1 aliphatic heterocycles. The molecule has 1 fully saturated rings. The lowest BCUT2D eigenvalue weighted by molar-refractivity contribution is -0.136. The fourth-order valence-corrected chi connectivity index (χ4v) is 3.62. The first-order valence-corrected chi connectivity index (χ1v) is 9.79. The second-order valence-electron chi connectivity index (χ2n) is 7.58. The molecule has 0 unspecified atom stereocenters. The lowest BCUT2D eigenvalue weighted by Crippen LogP contribution is -2.41. The fourth-order valence-electron chi connectivity index (χ4n) is 3.62. The quantitative estimate of drug-likeness (QED) is 0.782. The summed E-state index contributed by atoms with van der Waals surface area (Å²) in [7, 11) is 0. The molecule has 148 valence electrons. The van der Waals surface area contributed by atoms with E-state index >= 15 is 0 Å². The molecule has 6 heteroatoms. The van der Waals surface area contributed by atoms with Crippen LogP contribution in [-0.2, 0) is 16.1 Å². The average Bonchev–Trinajstić information content (AvgIpc) is 2.67. The van der Waals surface area contributed by atoms with Gasteiger partial charge >= 0.3 is 11.8 Å².